The van der Waals surface area contributed by atoms with Crippen molar-refractivity contribution in [2.45, 2.75) is 20.0 Å². The number of aromatic nitrogens is 1. The summed E-state index contributed by atoms with van der Waals surface area (Å²) in [6, 6.07) is 7.96. The van der Waals surface area contributed by atoms with Crippen molar-refractivity contribution in [2.75, 3.05) is 44.8 Å². The van der Waals surface area contributed by atoms with Crippen molar-refractivity contribution in [3.63, 3.8) is 0 Å². The van der Waals surface area contributed by atoms with E-state index in [2.05, 4.69) is 21.3 Å². The number of allylic oxidation sites excluding steroid dienone is 1. The molecule has 1 aromatic carbocycles. The molecule has 0 bridgehead atoms. The number of amides is 2. The molecule has 2 saturated heterocycles. The molecule has 3 aliphatic heterocycles. The fraction of sp³-hybridized carbons (Fsp3) is 0.391. The molecule has 5 rings (SSSR count). The number of hydrogen-bond acceptors (Lipinski definition) is 5. The first kappa shape index (κ1) is 19.8. The van der Waals surface area contributed by atoms with Gasteiger partial charge in [-0.25, -0.2) is 4.79 Å². The van der Waals surface area contributed by atoms with E-state index in [1.54, 1.807) is 4.90 Å². The number of fused-ring (bicyclic) bond motifs is 1. The lowest BCUT2D eigenvalue weighted by atomic mass is 9.98. The van der Waals surface area contributed by atoms with Gasteiger partial charge in [-0.05, 0) is 41.8 Å². The summed E-state index contributed by atoms with van der Waals surface area (Å²) in [5, 5.41) is 2.96. The third-order valence-corrected chi connectivity index (χ3v) is 6.08. The van der Waals surface area contributed by atoms with E-state index in [1.165, 1.54) is 5.56 Å². The largest absolute Gasteiger partial charge is 0.448 e. The van der Waals surface area contributed by atoms with Gasteiger partial charge >= 0.3 is 6.09 Å². The summed E-state index contributed by atoms with van der Waals surface area (Å²) < 4.78 is 10.4. The summed E-state index contributed by atoms with van der Waals surface area (Å²) in [6.07, 6.45) is 1.72. The van der Waals surface area contributed by atoms with Crippen LogP contribution in [-0.4, -0.2) is 66.2 Å². The molecule has 2 aromatic rings. The highest BCUT2D eigenvalue weighted by atomic mass is 16.6. The number of nitrogens with zero attached hydrogens (tertiary/aromatic N) is 2. The van der Waals surface area contributed by atoms with Crippen LogP contribution in [0.1, 0.15) is 29.3 Å². The predicted molar refractivity (Wildman–Crippen MR) is 116 cm³/mol. The summed E-state index contributed by atoms with van der Waals surface area (Å²) in [4.78, 5) is 31.9. The minimum Gasteiger partial charge on any atom is -0.448 e. The number of cyclic esters (lactones) is 1. The van der Waals surface area contributed by atoms with E-state index in [0.29, 0.717) is 25.3 Å². The predicted octanol–water partition coefficient (Wildman–Crippen LogP) is 2.68. The second kappa shape index (κ2) is 8.20. The standard InChI is InChI=1S/C23H26N4O4/c1-15(20-11-17(12-24-20)13-26-4-7-30-8-5-26)21-18-10-16(2-3-19(18)25-22(21)28)14-27-6-9-31-23(27)29/h2-3,10-12,24H,4-9,13-14H2,1H3,(H,25,28)/b21-15+. The van der Waals surface area contributed by atoms with Gasteiger partial charge in [-0.2, -0.15) is 0 Å². The van der Waals surface area contributed by atoms with Crippen LogP contribution in [0.3, 0.4) is 0 Å². The zero-order valence-electron chi connectivity index (χ0n) is 17.6. The Labute approximate surface area is 180 Å². The Bertz CT molecular complexity index is 1050. The maximum absolute atomic E-state index is 12.8. The van der Waals surface area contributed by atoms with Gasteiger partial charge < -0.3 is 24.7 Å². The Morgan fingerprint density at radius 3 is 2.65 bits per heavy atom. The van der Waals surface area contributed by atoms with E-state index in [-0.39, 0.29) is 12.0 Å². The number of anilines is 1. The molecule has 0 aliphatic carbocycles. The van der Waals surface area contributed by atoms with Crippen LogP contribution in [0.4, 0.5) is 10.5 Å². The van der Waals surface area contributed by atoms with Crippen LogP contribution in [0, 0.1) is 0 Å². The van der Waals surface area contributed by atoms with E-state index < -0.39 is 0 Å². The number of H-pyrrole nitrogens is 1. The number of carbonyl (C=O) groups is 2. The molecule has 0 atom stereocenters. The molecular formula is C23H26N4O4. The normalized spacial score (nSPS) is 20.6. The smallest absolute Gasteiger partial charge is 0.410 e. The van der Waals surface area contributed by atoms with Crippen molar-refractivity contribution in [1.29, 1.82) is 0 Å². The molecule has 3 aliphatic rings. The summed E-state index contributed by atoms with van der Waals surface area (Å²) in [7, 11) is 0. The molecule has 8 heteroatoms. The molecule has 0 unspecified atom stereocenters. The van der Waals surface area contributed by atoms with E-state index in [1.807, 2.05) is 31.3 Å². The molecular weight excluding hydrogens is 396 g/mol. The fourth-order valence-electron chi connectivity index (χ4n) is 4.37. The van der Waals surface area contributed by atoms with Crippen LogP contribution in [0.2, 0.25) is 0 Å². The maximum atomic E-state index is 12.8. The van der Waals surface area contributed by atoms with Crippen molar-refractivity contribution >= 4 is 28.8 Å². The monoisotopic (exact) mass is 422 g/mol. The Kier molecular flexibility index (Phi) is 5.25. The van der Waals surface area contributed by atoms with Gasteiger partial charge in [-0.3, -0.25) is 9.69 Å². The number of hydrogen-bond donors (Lipinski definition) is 2. The van der Waals surface area contributed by atoms with E-state index in [9.17, 15) is 9.59 Å². The van der Waals surface area contributed by atoms with Gasteiger partial charge in [-0.15, -0.1) is 0 Å². The van der Waals surface area contributed by atoms with Crippen LogP contribution in [0.15, 0.2) is 30.5 Å². The first-order valence-electron chi connectivity index (χ1n) is 10.6. The quantitative estimate of drug-likeness (QED) is 0.724. The lowest BCUT2D eigenvalue weighted by molar-refractivity contribution is -0.110. The molecule has 1 aromatic heterocycles. The van der Waals surface area contributed by atoms with Crippen LogP contribution in [-0.2, 0) is 27.4 Å². The molecule has 4 heterocycles. The number of carbonyl (C=O) groups excluding carboxylic acids is 2. The highest BCUT2D eigenvalue weighted by Gasteiger charge is 2.28. The summed E-state index contributed by atoms with van der Waals surface area (Å²) in [5.41, 5.74) is 6.34. The summed E-state index contributed by atoms with van der Waals surface area (Å²) in [5.74, 6) is -0.102. The van der Waals surface area contributed by atoms with Crippen molar-refractivity contribution in [1.82, 2.24) is 14.8 Å². The average molecular weight is 422 g/mol. The van der Waals surface area contributed by atoms with Gasteiger partial charge in [0.25, 0.3) is 5.91 Å². The van der Waals surface area contributed by atoms with Crippen LogP contribution in [0.5, 0.6) is 0 Å². The first-order valence-corrected chi connectivity index (χ1v) is 10.6. The lowest BCUT2D eigenvalue weighted by Gasteiger charge is -2.25. The van der Waals surface area contributed by atoms with Gasteiger partial charge in [0.15, 0.2) is 0 Å². The van der Waals surface area contributed by atoms with Crippen LogP contribution < -0.4 is 5.32 Å². The highest BCUT2D eigenvalue weighted by Crippen LogP contribution is 2.37. The summed E-state index contributed by atoms with van der Waals surface area (Å²) >= 11 is 0. The Morgan fingerprint density at radius 2 is 1.87 bits per heavy atom. The molecule has 31 heavy (non-hydrogen) atoms. The third kappa shape index (κ3) is 3.96. The van der Waals surface area contributed by atoms with Crippen molar-refractivity contribution in [3.05, 3.63) is 52.8 Å². The summed E-state index contributed by atoms with van der Waals surface area (Å²) in [6.45, 7) is 7.73. The van der Waals surface area contributed by atoms with Gasteiger partial charge in [0.2, 0.25) is 0 Å². The van der Waals surface area contributed by atoms with E-state index in [4.69, 9.17) is 9.47 Å². The molecule has 2 amide bonds. The van der Waals surface area contributed by atoms with E-state index in [0.717, 1.165) is 60.9 Å². The minimum atomic E-state index is -0.291. The van der Waals surface area contributed by atoms with Gasteiger partial charge in [-0.1, -0.05) is 6.07 Å². The molecule has 0 spiro atoms. The molecule has 0 saturated carbocycles. The second-order valence-corrected chi connectivity index (χ2v) is 8.18. The molecule has 162 valence electrons. The fourth-order valence-corrected chi connectivity index (χ4v) is 4.37. The van der Waals surface area contributed by atoms with E-state index >= 15 is 0 Å². The van der Waals surface area contributed by atoms with Gasteiger partial charge in [0.1, 0.15) is 6.61 Å². The molecule has 8 nitrogen and oxygen atoms in total. The first-order chi connectivity index (χ1) is 15.1. The second-order valence-electron chi connectivity index (χ2n) is 8.18. The number of morpholine rings is 1. The third-order valence-electron chi connectivity index (χ3n) is 6.08. The topological polar surface area (TPSA) is 86.9 Å². The average Bonchev–Trinajstić information content (AvgIpc) is 3.47. The molecule has 2 N–H and O–H groups in total. The Morgan fingerprint density at radius 1 is 1.03 bits per heavy atom. The Hall–Kier alpha value is -3.10. The van der Waals surface area contributed by atoms with Crippen molar-refractivity contribution < 1.29 is 19.1 Å². The van der Waals surface area contributed by atoms with Crippen molar-refractivity contribution in [2.24, 2.45) is 0 Å². The van der Waals surface area contributed by atoms with Gasteiger partial charge in [0.05, 0.1) is 25.3 Å². The maximum Gasteiger partial charge on any atom is 0.410 e. The lowest BCUT2D eigenvalue weighted by Crippen LogP contribution is -2.35. The van der Waals surface area contributed by atoms with Gasteiger partial charge in [0, 0.05) is 49.3 Å². The van der Waals surface area contributed by atoms with Crippen LogP contribution >= 0.6 is 0 Å². The Balaban J connectivity index is 1.40. The number of nitrogens with one attached hydrogen (secondary N) is 2. The minimum absolute atomic E-state index is 0.102. The number of rotatable bonds is 5. The van der Waals surface area contributed by atoms with Crippen molar-refractivity contribution in [3.8, 4) is 0 Å². The highest BCUT2D eigenvalue weighted by molar-refractivity contribution is 6.36. The molecule has 0 radical (unpaired) electrons. The zero-order chi connectivity index (χ0) is 21.4. The zero-order valence-corrected chi connectivity index (χ0v) is 17.6. The number of benzene rings is 1. The number of aromatic amines is 1. The molecule has 2 fully saturated rings. The number of ether oxygens (including phenoxy) is 2. The SMILES string of the molecule is C/C(=C1\C(=O)Nc2ccc(CN3CCOC3=O)cc21)c1cc(CN2CCOCC2)c[nH]1. The van der Waals surface area contributed by atoms with Crippen LogP contribution in [0.25, 0.3) is 11.1 Å².